The van der Waals surface area contributed by atoms with Gasteiger partial charge in [-0.1, -0.05) is 15.9 Å². The van der Waals surface area contributed by atoms with E-state index in [-0.39, 0.29) is 17.6 Å². The van der Waals surface area contributed by atoms with Gasteiger partial charge >= 0.3 is 0 Å². The fourth-order valence-corrected chi connectivity index (χ4v) is 2.58. The van der Waals surface area contributed by atoms with Gasteiger partial charge in [0, 0.05) is 30.2 Å². The molecular weight excluding hydrogens is 299 g/mol. The quantitative estimate of drug-likeness (QED) is 0.927. The van der Waals surface area contributed by atoms with Gasteiger partial charge in [0.25, 0.3) is 0 Å². The van der Waals surface area contributed by atoms with Gasteiger partial charge in [-0.25, -0.2) is 4.39 Å². The smallest absolute Gasteiger partial charge is 0.227 e. The fraction of sp³-hybridized carbons (Fsp3) is 0.462. The number of rotatable bonds is 3. The van der Waals surface area contributed by atoms with Crippen molar-refractivity contribution in [3.63, 3.8) is 0 Å². The van der Waals surface area contributed by atoms with Crippen LogP contribution in [0.1, 0.15) is 12.0 Å². The van der Waals surface area contributed by atoms with E-state index in [1.54, 1.807) is 24.1 Å². The van der Waals surface area contributed by atoms with Crippen LogP contribution in [-0.4, -0.2) is 30.9 Å². The molecule has 0 spiro atoms. The van der Waals surface area contributed by atoms with Crippen LogP contribution in [0.5, 0.6) is 0 Å². The highest BCUT2D eigenvalue weighted by molar-refractivity contribution is 9.10. The molecule has 3 nitrogen and oxygen atoms in total. The molecule has 1 saturated heterocycles. The molecule has 0 bridgehead atoms. The van der Waals surface area contributed by atoms with E-state index >= 15 is 0 Å². The number of amides is 1. The molecule has 98 valence electrons. The van der Waals surface area contributed by atoms with E-state index in [4.69, 9.17) is 0 Å². The molecule has 0 aliphatic carbocycles. The molecule has 0 radical (unpaired) electrons. The summed E-state index contributed by atoms with van der Waals surface area (Å²) >= 11 is 3.31. The van der Waals surface area contributed by atoms with Gasteiger partial charge in [-0.2, -0.15) is 0 Å². The Morgan fingerprint density at radius 3 is 3.06 bits per heavy atom. The average molecular weight is 315 g/mol. The van der Waals surface area contributed by atoms with Crippen molar-refractivity contribution in [1.29, 1.82) is 0 Å². The number of halogens is 2. The van der Waals surface area contributed by atoms with Crippen molar-refractivity contribution in [3.05, 3.63) is 34.1 Å². The second kappa shape index (κ2) is 5.80. The number of hydrogen-bond acceptors (Lipinski definition) is 2. The Morgan fingerprint density at radius 1 is 1.61 bits per heavy atom. The molecule has 0 aromatic heterocycles. The van der Waals surface area contributed by atoms with Gasteiger partial charge in [-0.15, -0.1) is 0 Å². The van der Waals surface area contributed by atoms with Crippen LogP contribution >= 0.6 is 15.9 Å². The molecule has 1 heterocycles. The minimum absolute atomic E-state index is 0.0326. The van der Waals surface area contributed by atoms with Crippen LogP contribution in [0.15, 0.2) is 22.7 Å². The maximum absolute atomic E-state index is 13.6. The summed E-state index contributed by atoms with van der Waals surface area (Å²) in [5, 5.41) is 3.16. The Balaban J connectivity index is 2.03. The van der Waals surface area contributed by atoms with E-state index in [2.05, 4.69) is 21.2 Å². The Bertz CT molecular complexity index is 447. The van der Waals surface area contributed by atoms with Crippen LogP contribution in [0.25, 0.3) is 0 Å². The lowest BCUT2D eigenvalue weighted by Crippen LogP contribution is -2.33. The third kappa shape index (κ3) is 3.09. The Hall–Kier alpha value is -0.940. The zero-order valence-corrected chi connectivity index (χ0v) is 11.8. The second-order valence-electron chi connectivity index (χ2n) is 4.62. The van der Waals surface area contributed by atoms with Crippen LogP contribution < -0.4 is 5.32 Å². The molecule has 1 atom stereocenters. The highest BCUT2D eigenvalue weighted by Gasteiger charge is 2.25. The summed E-state index contributed by atoms with van der Waals surface area (Å²) in [5.41, 5.74) is 0.534. The molecule has 1 aromatic rings. The number of nitrogens with one attached hydrogen (secondary N) is 1. The normalized spacial score (nSPS) is 18.9. The van der Waals surface area contributed by atoms with Crippen LogP contribution in [0.4, 0.5) is 4.39 Å². The summed E-state index contributed by atoms with van der Waals surface area (Å²) < 4.78 is 14.4. The molecule has 1 N–H and O–H groups in total. The maximum atomic E-state index is 13.6. The van der Waals surface area contributed by atoms with Crippen molar-refractivity contribution in [2.45, 2.75) is 13.0 Å². The standard InChI is InChI=1S/C13H16BrFN2O/c1-17(13(18)9-4-5-16-7-9)8-10-6-11(14)2-3-12(10)15/h2-3,6,9,16H,4-5,7-8H2,1H3/t9-/m1/s1. The van der Waals surface area contributed by atoms with Gasteiger partial charge < -0.3 is 10.2 Å². The average Bonchev–Trinajstić information content (AvgIpc) is 2.86. The molecule has 5 heteroatoms. The fourth-order valence-electron chi connectivity index (χ4n) is 2.18. The van der Waals surface area contributed by atoms with Gasteiger partial charge in [0.15, 0.2) is 0 Å². The molecule has 1 aromatic carbocycles. The summed E-state index contributed by atoms with van der Waals surface area (Å²) in [6.07, 6.45) is 0.865. The lowest BCUT2D eigenvalue weighted by Gasteiger charge is -2.21. The lowest BCUT2D eigenvalue weighted by atomic mass is 10.1. The first kappa shape index (κ1) is 13.5. The maximum Gasteiger partial charge on any atom is 0.227 e. The number of benzene rings is 1. The predicted octanol–water partition coefficient (Wildman–Crippen LogP) is 2.16. The molecule has 0 saturated carbocycles. The van der Waals surface area contributed by atoms with Gasteiger partial charge in [0.05, 0.1) is 5.92 Å². The van der Waals surface area contributed by atoms with E-state index in [0.29, 0.717) is 12.1 Å². The van der Waals surface area contributed by atoms with Crippen molar-refractivity contribution in [2.75, 3.05) is 20.1 Å². The van der Waals surface area contributed by atoms with Crippen molar-refractivity contribution in [3.8, 4) is 0 Å². The van der Waals surface area contributed by atoms with Crippen LogP contribution in [0, 0.1) is 11.7 Å². The van der Waals surface area contributed by atoms with Crippen molar-refractivity contribution in [1.82, 2.24) is 10.2 Å². The molecule has 1 amide bonds. The molecule has 2 rings (SSSR count). The molecule has 1 aliphatic rings. The predicted molar refractivity (Wildman–Crippen MR) is 71.6 cm³/mol. The van der Waals surface area contributed by atoms with E-state index < -0.39 is 0 Å². The summed E-state index contributed by atoms with van der Waals surface area (Å²) in [4.78, 5) is 13.7. The Morgan fingerprint density at radius 2 is 2.39 bits per heavy atom. The van der Waals surface area contributed by atoms with Gasteiger partial charge in [0.2, 0.25) is 5.91 Å². The van der Waals surface area contributed by atoms with Crippen LogP contribution in [0.3, 0.4) is 0 Å². The molecule has 0 unspecified atom stereocenters. The van der Waals surface area contributed by atoms with Gasteiger partial charge in [-0.3, -0.25) is 4.79 Å². The first-order valence-corrected chi connectivity index (χ1v) is 6.77. The largest absolute Gasteiger partial charge is 0.341 e. The van der Waals surface area contributed by atoms with Crippen molar-refractivity contribution < 1.29 is 9.18 Å². The van der Waals surface area contributed by atoms with E-state index in [9.17, 15) is 9.18 Å². The second-order valence-corrected chi connectivity index (χ2v) is 5.54. The molecular formula is C13H16BrFN2O. The summed E-state index contributed by atoms with van der Waals surface area (Å²) in [6.45, 7) is 1.92. The van der Waals surface area contributed by atoms with Crippen LogP contribution in [-0.2, 0) is 11.3 Å². The first-order chi connectivity index (χ1) is 8.58. The zero-order valence-electron chi connectivity index (χ0n) is 10.2. The number of hydrogen-bond donors (Lipinski definition) is 1. The van der Waals surface area contributed by atoms with Crippen molar-refractivity contribution in [2.24, 2.45) is 5.92 Å². The highest BCUT2D eigenvalue weighted by Crippen LogP contribution is 2.18. The molecule has 18 heavy (non-hydrogen) atoms. The molecule has 1 aliphatic heterocycles. The summed E-state index contributed by atoms with van der Waals surface area (Å²) in [6, 6.07) is 4.78. The van der Waals surface area contributed by atoms with Gasteiger partial charge in [-0.05, 0) is 31.2 Å². The SMILES string of the molecule is CN(Cc1cc(Br)ccc1F)C(=O)[C@@H]1CCNC1. The summed E-state index contributed by atoms with van der Waals surface area (Å²) in [7, 11) is 1.72. The monoisotopic (exact) mass is 314 g/mol. The molecule has 1 fully saturated rings. The third-order valence-electron chi connectivity index (χ3n) is 3.20. The van der Waals surface area contributed by atoms with E-state index in [1.165, 1.54) is 6.07 Å². The van der Waals surface area contributed by atoms with Crippen molar-refractivity contribution >= 4 is 21.8 Å². The lowest BCUT2D eigenvalue weighted by molar-refractivity contribution is -0.134. The zero-order chi connectivity index (χ0) is 13.1. The van der Waals surface area contributed by atoms with E-state index in [0.717, 1.165) is 24.0 Å². The Kier molecular flexibility index (Phi) is 4.35. The highest BCUT2D eigenvalue weighted by atomic mass is 79.9. The first-order valence-electron chi connectivity index (χ1n) is 5.97. The van der Waals surface area contributed by atoms with Gasteiger partial charge in [0.1, 0.15) is 5.82 Å². The summed E-state index contributed by atoms with van der Waals surface area (Å²) in [5.74, 6) is -0.160. The number of carbonyl (C=O) groups excluding carboxylic acids is 1. The minimum atomic E-state index is -0.276. The number of nitrogens with zero attached hydrogens (tertiary/aromatic N) is 1. The minimum Gasteiger partial charge on any atom is -0.341 e. The topological polar surface area (TPSA) is 32.3 Å². The van der Waals surface area contributed by atoms with Crippen LogP contribution in [0.2, 0.25) is 0 Å². The van der Waals surface area contributed by atoms with E-state index in [1.807, 2.05) is 0 Å². The number of carbonyl (C=O) groups is 1. The third-order valence-corrected chi connectivity index (χ3v) is 3.69. The Labute approximate surface area is 114 Å².